The number of nitriles is 1. The second-order valence-corrected chi connectivity index (χ2v) is 8.68. The summed E-state index contributed by atoms with van der Waals surface area (Å²) < 4.78 is 17.1. The second kappa shape index (κ2) is 13.0. The lowest BCUT2D eigenvalue weighted by Gasteiger charge is -2.12. The zero-order chi connectivity index (χ0) is 26.7. The van der Waals surface area contributed by atoms with Crippen LogP contribution in [0.2, 0.25) is 5.02 Å². The minimum atomic E-state index is -0.535. The predicted molar refractivity (Wildman–Crippen MR) is 148 cm³/mol. The maximum Gasteiger partial charge on any atom is 0.266 e. The fourth-order valence-electron chi connectivity index (χ4n) is 3.51. The Bertz CT molecular complexity index is 1440. The summed E-state index contributed by atoms with van der Waals surface area (Å²) in [5, 5.41) is 13.1. The van der Waals surface area contributed by atoms with Gasteiger partial charge in [0.1, 0.15) is 42.1 Å². The van der Waals surface area contributed by atoms with Crippen LogP contribution in [0.5, 0.6) is 17.2 Å². The molecule has 7 heteroatoms. The predicted octanol–water partition coefficient (Wildman–Crippen LogP) is 7.05. The van der Waals surface area contributed by atoms with E-state index in [9.17, 15) is 10.1 Å². The molecule has 4 rings (SSSR count). The highest BCUT2D eigenvalue weighted by Crippen LogP contribution is 2.28. The summed E-state index contributed by atoms with van der Waals surface area (Å²) in [6, 6.07) is 31.3. The van der Waals surface area contributed by atoms with Crippen LogP contribution in [0, 0.1) is 11.3 Å². The molecule has 0 aliphatic carbocycles. The van der Waals surface area contributed by atoms with E-state index in [0.717, 1.165) is 11.1 Å². The van der Waals surface area contributed by atoms with E-state index in [0.29, 0.717) is 46.7 Å². The van der Waals surface area contributed by atoms with Gasteiger partial charge in [-0.3, -0.25) is 4.79 Å². The molecule has 4 aromatic rings. The fraction of sp³-hybridized carbons (Fsp3) is 0.0968. The summed E-state index contributed by atoms with van der Waals surface area (Å²) in [5.41, 5.74) is 3.03. The minimum Gasteiger partial charge on any atom is -0.497 e. The third-order valence-corrected chi connectivity index (χ3v) is 5.81. The SMILES string of the molecule is COc1ccc(/C=C(\C#N)C(=O)Nc2ccc(OCc3ccc(Cl)cc3)cc2)c(OCc2ccccc2)c1. The molecule has 38 heavy (non-hydrogen) atoms. The largest absolute Gasteiger partial charge is 0.497 e. The van der Waals surface area contributed by atoms with Gasteiger partial charge < -0.3 is 19.5 Å². The molecule has 0 saturated heterocycles. The van der Waals surface area contributed by atoms with Crippen molar-refractivity contribution in [2.45, 2.75) is 13.2 Å². The highest BCUT2D eigenvalue weighted by atomic mass is 35.5. The molecule has 0 aliphatic rings. The van der Waals surface area contributed by atoms with Gasteiger partial charge >= 0.3 is 0 Å². The van der Waals surface area contributed by atoms with Crippen LogP contribution in [-0.2, 0) is 18.0 Å². The Balaban J connectivity index is 1.43. The number of halogens is 1. The minimum absolute atomic E-state index is 0.0669. The van der Waals surface area contributed by atoms with Crippen LogP contribution in [0.3, 0.4) is 0 Å². The Morgan fingerprint density at radius 3 is 2.21 bits per heavy atom. The Hall–Kier alpha value is -4.73. The van der Waals surface area contributed by atoms with E-state index in [2.05, 4.69) is 5.32 Å². The molecular weight excluding hydrogens is 500 g/mol. The Kier molecular flexibility index (Phi) is 9.01. The zero-order valence-electron chi connectivity index (χ0n) is 20.7. The third-order valence-electron chi connectivity index (χ3n) is 5.55. The summed E-state index contributed by atoms with van der Waals surface area (Å²) >= 11 is 5.91. The topological polar surface area (TPSA) is 80.6 Å². The number of carbonyl (C=O) groups is 1. The van der Waals surface area contributed by atoms with Gasteiger partial charge in [0.2, 0.25) is 0 Å². The molecule has 0 spiro atoms. The third kappa shape index (κ3) is 7.39. The summed E-state index contributed by atoms with van der Waals surface area (Å²) in [6.07, 6.45) is 1.50. The molecule has 0 fully saturated rings. The normalized spacial score (nSPS) is 10.8. The van der Waals surface area contributed by atoms with Crippen molar-refractivity contribution in [3.05, 3.63) is 124 Å². The lowest BCUT2D eigenvalue weighted by Crippen LogP contribution is -2.13. The molecule has 6 nitrogen and oxygen atoms in total. The number of hydrogen-bond donors (Lipinski definition) is 1. The fourth-order valence-corrected chi connectivity index (χ4v) is 3.63. The van der Waals surface area contributed by atoms with Gasteiger partial charge in [-0.25, -0.2) is 0 Å². The molecule has 0 unspecified atom stereocenters. The van der Waals surface area contributed by atoms with Crippen molar-refractivity contribution in [1.29, 1.82) is 5.26 Å². The summed E-state index contributed by atoms with van der Waals surface area (Å²) in [7, 11) is 1.56. The molecule has 1 amide bonds. The first-order chi connectivity index (χ1) is 18.5. The van der Waals surface area contributed by atoms with Gasteiger partial charge in [0.25, 0.3) is 5.91 Å². The monoisotopic (exact) mass is 524 g/mol. The van der Waals surface area contributed by atoms with E-state index in [1.807, 2.05) is 60.7 Å². The standard InChI is InChI=1S/C31H25ClN2O4/c1-36-29-14-9-24(30(18-29)38-21-22-5-3-2-4-6-22)17-25(19-33)31(35)34-27-12-15-28(16-13-27)37-20-23-7-10-26(32)11-8-23/h2-18H,20-21H2,1H3,(H,34,35)/b25-17+. The molecule has 0 atom stereocenters. The number of benzene rings is 4. The number of nitrogens with zero attached hydrogens (tertiary/aromatic N) is 1. The van der Waals surface area contributed by atoms with Crippen molar-refractivity contribution in [2.75, 3.05) is 12.4 Å². The van der Waals surface area contributed by atoms with Crippen molar-refractivity contribution >= 4 is 29.3 Å². The van der Waals surface area contributed by atoms with Crippen LogP contribution in [0.25, 0.3) is 6.08 Å². The Labute approximate surface area is 226 Å². The molecule has 0 radical (unpaired) electrons. The van der Waals surface area contributed by atoms with E-state index >= 15 is 0 Å². The smallest absolute Gasteiger partial charge is 0.266 e. The van der Waals surface area contributed by atoms with Gasteiger partial charge in [-0.15, -0.1) is 0 Å². The Morgan fingerprint density at radius 1 is 0.868 bits per heavy atom. The number of nitrogens with one attached hydrogen (secondary N) is 1. The maximum atomic E-state index is 12.9. The van der Waals surface area contributed by atoms with E-state index < -0.39 is 5.91 Å². The number of carbonyl (C=O) groups excluding carboxylic acids is 1. The average molecular weight is 525 g/mol. The van der Waals surface area contributed by atoms with Crippen LogP contribution in [0.4, 0.5) is 5.69 Å². The number of ether oxygens (including phenoxy) is 3. The van der Waals surface area contributed by atoms with Gasteiger partial charge in [0.05, 0.1) is 7.11 Å². The maximum absolute atomic E-state index is 12.9. The highest BCUT2D eigenvalue weighted by Gasteiger charge is 2.13. The van der Waals surface area contributed by atoms with Crippen molar-refractivity contribution in [3.8, 4) is 23.3 Å². The van der Waals surface area contributed by atoms with Crippen molar-refractivity contribution in [1.82, 2.24) is 0 Å². The number of methoxy groups -OCH3 is 1. The summed E-state index contributed by atoms with van der Waals surface area (Å²) in [5.74, 6) is 1.21. The lowest BCUT2D eigenvalue weighted by atomic mass is 10.1. The average Bonchev–Trinajstić information content (AvgIpc) is 2.96. The molecule has 0 heterocycles. The van der Waals surface area contributed by atoms with Crippen molar-refractivity contribution in [3.63, 3.8) is 0 Å². The summed E-state index contributed by atoms with van der Waals surface area (Å²) in [4.78, 5) is 12.9. The first-order valence-electron chi connectivity index (χ1n) is 11.8. The van der Waals surface area contributed by atoms with Crippen LogP contribution in [-0.4, -0.2) is 13.0 Å². The van der Waals surface area contributed by atoms with Gasteiger partial charge in [-0.2, -0.15) is 5.26 Å². The van der Waals surface area contributed by atoms with Crippen LogP contribution in [0.15, 0.2) is 103 Å². The van der Waals surface area contributed by atoms with Gasteiger partial charge in [-0.05, 0) is 65.7 Å². The number of rotatable bonds is 10. The molecule has 0 aliphatic heterocycles. The number of amides is 1. The van der Waals surface area contributed by atoms with Crippen LogP contribution in [0.1, 0.15) is 16.7 Å². The first kappa shape index (κ1) is 26.3. The van der Waals surface area contributed by atoms with Gasteiger partial charge in [0, 0.05) is 22.3 Å². The van der Waals surface area contributed by atoms with Crippen LogP contribution < -0.4 is 19.5 Å². The van der Waals surface area contributed by atoms with E-state index in [1.165, 1.54) is 6.08 Å². The molecular formula is C31H25ClN2O4. The molecule has 0 saturated carbocycles. The number of anilines is 1. The zero-order valence-corrected chi connectivity index (χ0v) is 21.4. The lowest BCUT2D eigenvalue weighted by molar-refractivity contribution is -0.112. The van der Waals surface area contributed by atoms with Gasteiger partial charge in [0.15, 0.2) is 0 Å². The van der Waals surface area contributed by atoms with E-state index in [1.54, 1.807) is 49.6 Å². The van der Waals surface area contributed by atoms with Crippen molar-refractivity contribution < 1.29 is 19.0 Å². The van der Waals surface area contributed by atoms with E-state index in [-0.39, 0.29) is 5.57 Å². The van der Waals surface area contributed by atoms with E-state index in [4.69, 9.17) is 25.8 Å². The summed E-state index contributed by atoms with van der Waals surface area (Å²) in [6.45, 7) is 0.718. The molecule has 0 bridgehead atoms. The van der Waals surface area contributed by atoms with Gasteiger partial charge in [-0.1, -0.05) is 54.1 Å². The quantitative estimate of drug-likeness (QED) is 0.177. The molecule has 0 aromatic heterocycles. The highest BCUT2D eigenvalue weighted by molar-refractivity contribution is 6.30. The molecule has 4 aromatic carbocycles. The molecule has 190 valence electrons. The van der Waals surface area contributed by atoms with Crippen LogP contribution >= 0.6 is 11.6 Å². The van der Waals surface area contributed by atoms with Crippen molar-refractivity contribution in [2.24, 2.45) is 0 Å². The second-order valence-electron chi connectivity index (χ2n) is 8.24. The first-order valence-corrected chi connectivity index (χ1v) is 12.2. The number of hydrogen-bond acceptors (Lipinski definition) is 5. The Morgan fingerprint density at radius 2 is 1.53 bits per heavy atom. The molecule has 1 N–H and O–H groups in total.